The predicted molar refractivity (Wildman–Crippen MR) is 168 cm³/mol. The van der Waals surface area contributed by atoms with Crippen molar-refractivity contribution >= 4 is 93.8 Å². The first-order valence-corrected chi connectivity index (χ1v) is 11.1. The molecule has 0 heterocycles. The second-order valence-electron chi connectivity index (χ2n) is 6.11. The van der Waals surface area contributed by atoms with Crippen molar-refractivity contribution in [2.24, 2.45) is 55.5 Å². The largest absolute Gasteiger partial charge is 0.496 e. The van der Waals surface area contributed by atoms with Gasteiger partial charge in [0.1, 0.15) is 18.3 Å². The van der Waals surface area contributed by atoms with Gasteiger partial charge in [0, 0.05) is 21.2 Å². The molecule has 2 aromatic rings. The minimum atomic E-state index is -0.699. The lowest BCUT2D eigenvalue weighted by atomic mass is 10.1. The molecule has 0 unspecified atom stereocenters. The van der Waals surface area contributed by atoms with Gasteiger partial charge in [0.25, 0.3) is 0 Å². The van der Waals surface area contributed by atoms with Gasteiger partial charge < -0.3 is 22.0 Å². The van der Waals surface area contributed by atoms with Crippen LogP contribution in [0.4, 0.5) is 0 Å². The number of methoxy groups -OCH3 is 1. The molecule has 19 heteroatoms. The lowest BCUT2D eigenvalue weighted by Gasteiger charge is -2.06. The topological polar surface area (TPSA) is 270 Å². The van der Waals surface area contributed by atoms with Crippen molar-refractivity contribution in [1.29, 1.82) is 0 Å². The van der Waals surface area contributed by atoms with Crippen LogP contribution in [0.1, 0.15) is 21.5 Å². The molecule has 0 aliphatic carbocycles. The van der Waals surface area contributed by atoms with Crippen LogP contribution in [0.25, 0.3) is 0 Å². The Balaban J connectivity index is -0.000000260. The molecule has 0 atom stereocenters. The van der Waals surface area contributed by atoms with E-state index in [-0.39, 0.29) is 43.2 Å². The molecule has 216 valence electrons. The van der Waals surface area contributed by atoms with Crippen LogP contribution in [0.3, 0.4) is 0 Å². The van der Waals surface area contributed by atoms with E-state index in [1.807, 2.05) is 18.2 Å². The molecular weight excluding hydrogens is 694 g/mol. The molecule has 14 nitrogen and oxygen atoms in total. The first kappa shape index (κ1) is 42.7. The highest BCUT2D eigenvalue weighted by molar-refractivity contribution is 9.11. The molecule has 2 rings (SSSR count). The van der Waals surface area contributed by atoms with Gasteiger partial charge in [0.2, 0.25) is 5.96 Å². The number of carbonyl (C=O) groups is 1. The second-order valence-corrected chi connectivity index (χ2v) is 7.70. The molecule has 0 amide bonds. The van der Waals surface area contributed by atoms with Gasteiger partial charge in [-0.15, -0.1) is 42.3 Å². The second kappa shape index (κ2) is 24.9. The smallest absolute Gasteiger partial charge is 0.208 e. The third kappa shape index (κ3) is 18.8. The van der Waals surface area contributed by atoms with Gasteiger partial charge in [0.05, 0.1) is 24.0 Å². The van der Waals surface area contributed by atoms with Crippen LogP contribution in [0.5, 0.6) is 5.75 Å². The number of benzene rings is 2. The van der Waals surface area contributed by atoms with E-state index in [2.05, 4.69) is 63.9 Å². The molecule has 0 aromatic heterocycles. The van der Waals surface area contributed by atoms with Gasteiger partial charge in [-0.3, -0.25) is 38.6 Å². The van der Waals surface area contributed by atoms with Gasteiger partial charge in [-0.1, -0.05) is 30.3 Å². The Bertz CT molecular complexity index is 973. The van der Waals surface area contributed by atoms with E-state index in [1.165, 1.54) is 0 Å². The van der Waals surface area contributed by atoms with Crippen LogP contribution in [-0.4, -0.2) is 44.4 Å². The summed E-state index contributed by atoms with van der Waals surface area (Å²) < 4.78 is 6.51. The van der Waals surface area contributed by atoms with E-state index >= 15 is 0 Å². The third-order valence-electron chi connectivity index (χ3n) is 3.40. The van der Waals surface area contributed by atoms with Crippen molar-refractivity contribution in [3.8, 4) is 5.75 Å². The number of nitrogens with zero attached hydrogens (tertiary/aromatic N) is 3. The van der Waals surface area contributed by atoms with Gasteiger partial charge >= 0.3 is 0 Å². The number of carbonyl (C=O) groups excluding carboxylic acids is 1. The van der Waals surface area contributed by atoms with E-state index in [4.69, 9.17) is 39.1 Å². The Kier molecular flexibility index (Phi) is 28.0. The fourth-order valence-corrected chi connectivity index (χ4v) is 2.92. The highest BCUT2D eigenvalue weighted by Gasteiger charge is 2.03. The van der Waals surface area contributed by atoms with E-state index in [9.17, 15) is 4.79 Å². The number of ether oxygens (including phenoxy) is 1. The molecule has 0 fully saturated rings. The molecule has 0 aliphatic heterocycles. The number of hydrogen-bond acceptors (Lipinski definition) is 12. The molecule has 2 aromatic carbocycles. The summed E-state index contributed by atoms with van der Waals surface area (Å²) in [6, 6.07) is 10.9. The van der Waals surface area contributed by atoms with Gasteiger partial charge in [-0.2, -0.15) is 10.2 Å². The summed E-state index contributed by atoms with van der Waals surface area (Å²) in [6.45, 7) is 0. The predicted octanol–water partition coefficient (Wildman–Crippen LogP) is 0.367. The SMILES string of the molecule is COc1cccc(C=O)c1Br.Cl.Cl.Cl.NC(N)N/N=C/c1cccc(/C=N/NC(N)N)c1Br.NN=C(N)N. The third-order valence-corrected chi connectivity index (χ3v) is 5.17. The number of hydrogen-bond donors (Lipinski definition) is 9. The zero-order valence-electron chi connectivity index (χ0n) is 20.0. The van der Waals surface area contributed by atoms with Crippen molar-refractivity contribution in [3.63, 3.8) is 0 Å². The highest BCUT2D eigenvalue weighted by atomic mass is 79.9. The molecule has 0 aliphatic rings. The summed E-state index contributed by atoms with van der Waals surface area (Å²) in [5.74, 6) is 5.09. The summed E-state index contributed by atoms with van der Waals surface area (Å²) in [5, 5.41) is 10.7. The fraction of sp³-hybridized carbons (Fsp3) is 0.158. The number of guanidine groups is 1. The minimum absolute atomic E-state index is 0. The van der Waals surface area contributed by atoms with Crippen LogP contribution >= 0.6 is 69.1 Å². The number of halogens is 5. The maximum atomic E-state index is 10.4. The summed E-state index contributed by atoms with van der Waals surface area (Å²) >= 11 is 6.70. The molecular formula is C19H33Br2Cl3N12O2. The Morgan fingerprint density at radius 1 is 0.842 bits per heavy atom. The van der Waals surface area contributed by atoms with Crippen molar-refractivity contribution in [2.45, 2.75) is 12.6 Å². The van der Waals surface area contributed by atoms with E-state index in [1.54, 1.807) is 37.7 Å². The zero-order valence-corrected chi connectivity index (χ0v) is 25.7. The van der Waals surface area contributed by atoms with E-state index in [0.29, 0.717) is 15.8 Å². The number of nitrogens with one attached hydrogen (secondary N) is 2. The van der Waals surface area contributed by atoms with Crippen molar-refractivity contribution in [1.82, 2.24) is 10.9 Å². The summed E-state index contributed by atoms with van der Waals surface area (Å²) in [5.41, 5.74) is 37.9. The molecule has 0 saturated carbocycles. The maximum absolute atomic E-state index is 10.4. The summed E-state index contributed by atoms with van der Waals surface area (Å²) in [4.78, 5) is 10.4. The Labute approximate surface area is 256 Å². The number of aldehydes is 1. The quantitative estimate of drug-likeness (QED) is 0.0448. The first-order valence-electron chi connectivity index (χ1n) is 9.51. The van der Waals surface area contributed by atoms with Crippen molar-refractivity contribution < 1.29 is 9.53 Å². The number of hydrazone groups is 3. The lowest BCUT2D eigenvalue weighted by Crippen LogP contribution is -2.42. The van der Waals surface area contributed by atoms with Crippen LogP contribution in [0.2, 0.25) is 0 Å². The Morgan fingerprint density at radius 3 is 1.58 bits per heavy atom. The van der Waals surface area contributed by atoms with Crippen LogP contribution in [0.15, 0.2) is 60.6 Å². The van der Waals surface area contributed by atoms with Gasteiger partial charge in [-0.05, 0) is 37.9 Å². The normalized spacial score (nSPS) is 9.50. The average molecular weight is 728 g/mol. The first-order chi connectivity index (χ1) is 16.6. The van der Waals surface area contributed by atoms with Crippen LogP contribution in [0, 0.1) is 0 Å². The monoisotopic (exact) mass is 724 g/mol. The van der Waals surface area contributed by atoms with Crippen LogP contribution < -0.4 is 55.8 Å². The number of rotatable bonds is 8. The highest BCUT2D eigenvalue weighted by Crippen LogP contribution is 2.26. The summed E-state index contributed by atoms with van der Waals surface area (Å²) in [7, 11) is 1.56. The molecule has 0 saturated heterocycles. The molecule has 16 N–H and O–H groups in total. The van der Waals surface area contributed by atoms with Crippen molar-refractivity contribution in [2.75, 3.05) is 7.11 Å². The van der Waals surface area contributed by atoms with Crippen molar-refractivity contribution in [3.05, 3.63) is 62.0 Å². The maximum Gasteiger partial charge on any atom is 0.208 e. The average Bonchev–Trinajstić information content (AvgIpc) is 2.81. The number of nitrogens with two attached hydrogens (primary N) is 7. The van der Waals surface area contributed by atoms with E-state index < -0.39 is 12.6 Å². The molecule has 0 radical (unpaired) electrons. The standard InChI is InChI=1S/C10H17BrN8.C8H7BrO2.CH6N4.3ClH/c11-8-6(4-16-18-9(12)13)2-1-3-7(8)5-17-19-10(14)15;1-11-7-4-2-3-6(5-10)8(7)9;2-1(3)5-4;;;/h1-5,9-10,18-19H,12-15H2;2-5H,1H3;4H2,(H4,2,3,5);3*1H/b16-4+,17-5+;;;;;. The molecule has 0 spiro atoms. The zero-order chi connectivity index (χ0) is 26.8. The molecule has 38 heavy (non-hydrogen) atoms. The summed E-state index contributed by atoms with van der Waals surface area (Å²) in [6.07, 6.45) is 2.57. The van der Waals surface area contributed by atoms with Gasteiger partial charge in [-0.25, -0.2) is 0 Å². The molecule has 0 bridgehead atoms. The fourth-order valence-electron chi connectivity index (χ4n) is 1.93. The van der Waals surface area contributed by atoms with Gasteiger partial charge in [0.15, 0.2) is 6.29 Å². The Hall–Kier alpha value is -2.41. The Morgan fingerprint density at radius 2 is 1.24 bits per heavy atom. The van der Waals surface area contributed by atoms with E-state index in [0.717, 1.165) is 21.9 Å². The minimum Gasteiger partial charge on any atom is -0.496 e. The van der Waals surface area contributed by atoms with Crippen LogP contribution in [-0.2, 0) is 0 Å². The lowest BCUT2D eigenvalue weighted by molar-refractivity contribution is 0.112.